The van der Waals surface area contributed by atoms with Gasteiger partial charge in [0.25, 0.3) is 12.3 Å². The largest absolute Gasteiger partial charge is 0.350 e. The molecule has 0 radical (unpaired) electrons. The second-order valence-electron chi connectivity index (χ2n) is 5.94. The fourth-order valence-corrected chi connectivity index (χ4v) is 3.29. The minimum Gasteiger partial charge on any atom is -0.350 e. The second-order valence-corrected chi connectivity index (χ2v) is 6.66. The molecule has 0 bridgehead atoms. The number of nitrogens with zero attached hydrogens (tertiary/aromatic N) is 3. The summed E-state index contributed by atoms with van der Waals surface area (Å²) >= 11 is 1.35. The number of alkyl halides is 2. The Balaban J connectivity index is 1.82. The van der Waals surface area contributed by atoms with Crippen molar-refractivity contribution in [3.8, 4) is 11.1 Å². The number of nitrogens with one attached hydrogen (secondary N) is 1. The summed E-state index contributed by atoms with van der Waals surface area (Å²) in [7, 11) is 1.62. The van der Waals surface area contributed by atoms with E-state index in [2.05, 4.69) is 15.4 Å². The molecule has 3 rings (SSSR count). The van der Waals surface area contributed by atoms with E-state index in [1.165, 1.54) is 16.0 Å². The summed E-state index contributed by atoms with van der Waals surface area (Å²) < 4.78 is 28.1. The first-order valence-corrected chi connectivity index (χ1v) is 8.98. The number of rotatable bonds is 6. The van der Waals surface area contributed by atoms with E-state index in [0.29, 0.717) is 24.2 Å². The van der Waals surface area contributed by atoms with Crippen LogP contribution in [0.25, 0.3) is 11.1 Å². The fraction of sp³-hybridized carbons (Fsp3) is 0.278. The molecule has 1 N–H and O–H groups in total. The number of carbonyl (C=O) groups excluding carboxylic acids is 1. The maximum absolute atomic E-state index is 13.3. The van der Waals surface area contributed by atoms with Crippen LogP contribution in [-0.4, -0.2) is 27.2 Å². The van der Waals surface area contributed by atoms with Crippen LogP contribution in [0.15, 0.2) is 35.3 Å². The Hall–Kier alpha value is -2.61. The molecule has 8 heteroatoms. The maximum Gasteiger partial charge on any atom is 0.282 e. The molecule has 2 aromatic heterocycles. The minimum atomic E-state index is -2.65. The van der Waals surface area contributed by atoms with Gasteiger partial charge in [0.1, 0.15) is 11.4 Å². The molecule has 136 valence electrons. The van der Waals surface area contributed by atoms with Gasteiger partial charge in [-0.2, -0.15) is 5.10 Å². The lowest BCUT2D eigenvalue weighted by Crippen LogP contribution is -2.26. The zero-order valence-electron chi connectivity index (χ0n) is 14.4. The average molecular weight is 376 g/mol. The van der Waals surface area contributed by atoms with Gasteiger partial charge >= 0.3 is 0 Å². The lowest BCUT2D eigenvalue weighted by atomic mass is 9.96. The second kappa shape index (κ2) is 7.74. The van der Waals surface area contributed by atoms with Gasteiger partial charge in [-0.3, -0.25) is 9.48 Å². The van der Waals surface area contributed by atoms with E-state index >= 15 is 0 Å². The molecule has 3 aromatic rings. The Morgan fingerprint density at radius 3 is 2.85 bits per heavy atom. The van der Waals surface area contributed by atoms with Gasteiger partial charge in [0, 0.05) is 30.7 Å². The van der Waals surface area contributed by atoms with Crippen LogP contribution in [0.3, 0.4) is 0 Å². The predicted octanol–water partition coefficient (Wildman–Crippen LogP) is 3.76. The molecule has 0 saturated carbocycles. The molecule has 0 aliphatic carbocycles. The van der Waals surface area contributed by atoms with Crippen molar-refractivity contribution in [2.24, 2.45) is 7.05 Å². The van der Waals surface area contributed by atoms with E-state index in [0.717, 1.165) is 16.7 Å². The first-order valence-electron chi connectivity index (χ1n) is 8.03. The van der Waals surface area contributed by atoms with Gasteiger partial charge in [0.15, 0.2) is 0 Å². The highest BCUT2D eigenvalue weighted by Gasteiger charge is 2.20. The molecule has 0 fully saturated rings. The molecule has 0 atom stereocenters. The Bertz CT molecular complexity index is 906. The zero-order valence-corrected chi connectivity index (χ0v) is 15.2. The van der Waals surface area contributed by atoms with E-state index < -0.39 is 6.43 Å². The van der Waals surface area contributed by atoms with Crippen molar-refractivity contribution in [3.63, 3.8) is 0 Å². The summed E-state index contributed by atoms with van der Waals surface area (Å²) in [6, 6.07) is 5.71. The molecule has 0 aliphatic heterocycles. The third-order valence-electron chi connectivity index (χ3n) is 3.96. The number of halogens is 2. The van der Waals surface area contributed by atoms with Crippen LogP contribution in [0.1, 0.15) is 33.7 Å². The molecule has 0 spiro atoms. The van der Waals surface area contributed by atoms with E-state index in [9.17, 15) is 13.6 Å². The SMILES string of the molecule is Cc1ccc(CCNC(=O)c2cscn2)c(-c2cn(C)nc2C(F)F)c1. The third kappa shape index (κ3) is 3.96. The number of carbonyl (C=O) groups is 1. The Morgan fingerprint density at radius 1 is 1.35 bits per heavy atom. The number of benzene rings is 1. The number of aryl methyl sites for hydroxylation is 2. The maximum atomic E-state index is 13.3. The summed E-state index contributed by atoms with van der Waals surface area (Å²) in [5.74, 6) is -0.241. The van der Waals surface area contributed by atoms with Crippen molar-refractivity contribution in [1.29, 1.82) is 0 Å². The van der Waals surface area contributed by atoms with Crippen molar-refractivity contribution in [1.82, 2.24) is 20.1 Å². The topological polar surface area (TPSA) is 59.8 Å². The van der Waals surface area contributed by atoms with Gasteiger partial charge in [-0.15, -0.1) is 11.3 Å². The molecule has 2 heterocycles. The van der Waals surface area contributed by atoms with Crippen molar-refractivity contribution in [2.75, 3.05) is 6.54 Å². The lowest BCUT2D eigenvalue weighted by molar-refractivity contribution is 0.0950. The van der Waals surface area contributed by atoms with Crippen LogP contribution in [0, 0.1) is 6.92 Å². The van der Waals surface area contributed by atoms with Crippen LogP contribution in [-0.2, 0) is 13.5 Å². The smallest absolute Gasteiger partial charge is 0.282 e. The molecule has 1 aromatic carbocycles. The number of aromatic nitrogens is 3. The Morgan fingerprint density at radius 2 is 2.15 bits per heavy atom. The molecule has 1 amide bonds. The van der Waals surface area contributed by atoms with Gasteiger partial charge in [-0.05, 0) is 24.5 Å². The van der Waals surface area contributed by atoms with Gasteiger partial charge < -0.3 is 5.32 Å². The summed E-state index contributed by atoms with van der Waals surface area (Å²) in [6.07, 6.45) is -0.527. The fourth-order valence-electron chi connectivity index (χ4n) is 2.76. The first kappa shape index (κ1) is 18.2. The Kier molecular flexibility index (Phi) is 5.41. The van der Waals surface area contributed by atoms with Crippen LogP contribution in [0.4, 0.5) is 8.78 Å². The van der Waals surface area contributed by atoms with Gasteiger partial charge in [0.05, 0.1) is 5.51 Å². The summed E-state index contributed by atoms with van der Waals surface area (Å²) in [5.41, 5.74) is 4.74. The van der Waals surface area contributed by atoms with Gasteiger partial charge in [0.2, 0.25) is 0 Å². The molecule has 5 nitrogen and oxygen atoms in total. The van der Waals surface area contributed by atoms with Crippen molar-refractivity contribution >= 4 is 17.2 Å². The molecular weight excluding hydrogens is 358 g/mol. The van der Waals surface area contributed by atoms with Crippen molar-refractivity contribution in [2.45, 2.75) is 19.8 Å². The van der Waals surface area contributed by atoms with Crippen LogP contribution in [0.2, 0.25) is 0 Å². The summed E-state index contributed by atoms with van der Waals surface area (Å²) in [4.78, 5) is 15.9. The highest BCUT2D eigenvalue weighted by Crippen LogP contribution is 2.33. The predicted molar refractivity (Wildman–Crippen MR) is 96.5 cm³/mol. The molecule has 0 saturated heterocycles. The number of thiazole rings is 1. The first-order chi connectivity index (χ1) is 12.5. The standard InChI is InChI=1S/C18H18F2N4OS/c1-11-3-4-12(5-6-21-18(25)15-9-26-10-22-15)13(7-11)14-8-24(2)23-16(14)17(19)20/h3-4,7-10,17H,5-6H2,1-2H3,(H,21,25). The van der Waals surface area contributed by atoms with Crippen LogP contribution >= 0.6 is 11.3 Å². The quantitative estimate of drug-likeness (QED) is 0.713. The van der Waals surface area contributed by atoms with Gasteiger partial charge in [-0.25, -0.2) is 13.8 Å². The lowest BCUT2D eigenvalue weighted by Gasteiger charge is -2.11. The highest BCUT2D eigenvalue weighted by atomic mass is 32.1. The van der Waals surface area contributed by atoms with E-state index in [-0.39, 0.29) is 11.6 Å². The Labute approximate surface area is 153 Å². The van der Waals surface area contributed by atoms with Crippen LogP contribution < -0.4 is 5.32 Å². The number of hydrogen-bond acceptors (Lipinski definition) is 4. The normalized spacial score (nSPS) is 11.1. The van der Waals surface area contributed by atoms with Crippen LogP contribution in [0.5, 0.6) is 0 Å². The average Bonchev–Trinajstić information content (AvgIpc) is 3.25. The van der Waals surface area contributed by atoms with E-state index in [4.69, 9.17) is 0 Å². The zero-order chi connectivity index (χ0) is 18.7. The molecule has 26 heavy (non-hydrogen) atoms. The minimum absolute atomic E-state index is 0.231. The molecule has 0 unspecified atom stereocenters. The van der Waals surface area contributed by atoms with E-state index in [1.54, 1.807) is 24.1 Å². The van der Waals surface area contributed by atoms with Crippen molar-refractivity contribution in [3.05, 3.63) is 57.8 Å². The van der Waals surface area contributed by atoms with Gasteiger partial charge in [-0.1, -0.05) is 23.8 Å². The summed E-state index contributed by atoms with van der Waals surface area (Å²) in [6.45, 7) is 2.30. The summed E-state index contributed by atoms with van der Waals surface area (Å²) in [5, 5.41) is 8.37. The third-order valence-corrected chi connectivity index (χ3v) is 4.55. The monoisotopic (exact) mass is 376 g/mol. The molecule has 0 aliphatic rings. The highest BCUT2D eigenvalue weighted by molar-refractivity contribution is 7.07. The molecular formula is C18H18F2N4OS. The van der Waals surface area contributed by atoms with Crippen molar-refractivity contribution < 1.29 is 13.6 Å². The van der Waals surface area contributed by atoms with E-state index in [1.807, 2.05) is 25.1 Å². The number of hydrogen-bond donors (Lipinski definition) is 1. The number of amides is 1.